The molecule has 1 aromatic rings. The van der Waals surface area contributed by atoms with Crippen LogP contribution in [0, 0.1) is 5.92 Å². The fraction of sp³-hybridized carbons (Fsp3) is 0.545. The van der Waals surface area contributed by atoms with E-state index in [1.165, 1.54) is 0 Å². The summed E-state index contributed by atoms with van der Waals surface area (Å²) in [6.45, 7) is 0.297. The summed E-state index contributed by atoms with van der Waals surface area (Å²) >= 11 is 0. The summed E-state index contributed by atoms with van der Waals surface area (Å²) in [7, 11) is -3.85. The molecule has 1 saturated heterocycles. The summed E-state index contributed by atoms with van der Waals surface area (Å²) in [5.41, 5.74) is -1.13. The molecule has 1 aliphatic heterocycles. The van der Waals surface area contributed by atoms with E-state index < -0.39 is 21.9 Å². The molecule has 0 saturated carbocycles. The Morgan fingerprint density at radius 1 is 1.40 bits per heavy atom. The molecule has 5 nitrogen and oxygen atoms in total. The van der Waals surface area contributed by atoms with Crippen LogP contribution in [0.25, 0.3) is 0 Å². The number of rotatable bonds is 3. The van der Waals surface area contributed by atoms with Gasteiger partial charge in [-0.05, 0) is 24.5 Å². The van der Waals surface area contributed by atoms with Gasteiger partial charge in [-0.3, -0.25) is 4.98 Å². The Morgan fingerprint density at radius 3 is 2.55 bits per heavy atom. The van der Waals surface area contributed by atoms with Crippen LogP contribution in [-0.4, -0.2) is 42.5 Å². The van der Waals surface area contributed by atoms with Crippen LogP contribution >= 0.6 is 0 Å². The van der Waals surface area contributed by atoms with E-state index in [-0.39, 0.29) is 30.5 Å². The van der Waals surface area contributed by atoms with Crippen molar-refractivity contribution in [1.82, 2.24) is 9.29 Å². The number of hydrogen-bond donors (Lipinski definition) is 1. The summed E-state index contributed by atoms with van der Waals surface area (Å²) in [4.78, 5) is 2.87. The average molecular weight is 310 g/mol. The highest BCUT2D eigenvalue weighted by Gasteiger charge is 2.35. The molecule has 1 aliphatic rings. The number of pyridine rings is 1. The molecular formula is C11H13F3N2O3S. The summed E-state index contributed by atoms with van der Waals surface area (Å²) in [5.74, 6) is -0.132. The molecule has 0 aromatic carbocycles. The maximum absolute atomic E-state index is 12.4. The fourth-order valence-corrected chi connectivity index (χ4v) is 3.49. The molecule has 1 aromatic heterocycles. The molecule has 1 N–H and O–H groups in total. The van der Waals surface area contributed by atoms with Gasteiger partial charge in [-0.1, -0.05) is 0 Å². The van der Waals surface area contributed by atoms with Gasteiger partial charge in [0.05, 0.1) is 0 Å². The normalized spacial score (nSPS) is 21.3. The molecule has 0 radical (unpaired) electrons. The summed E-state index contributed by atoms with van der Waals surface area (Å²) < 4.78 is 62.6. The number of sulfonamides is 1. The summed E-state index contributed by atoms with van der Waals surface area (Å²) in [5, 5.41) is 8.99. The largest absolute Gasteiger partial charge is 0.433 e. The molecule has 0 amide bonds. The maximum atomic E-state index is 12.4. The van der Waals surface area contributed by atoms with Crippen molar-refractivity contribution in [3.8, 4) is 0 Å². The minimum atomic E-state index is -4.60. The van der Waals surface area contributed by atoms with Gasteiger partial charge in [-0.25, -0.2) is 8.42 Å². The van der Waals surface area contributed by atoms with E-state index in [1.807, 2.05) is 0 Å². The lowest BCUT2D eigenvalue weighted by molar-refractivity contribution is -0.141. The Morgan fingerprint density at radius 2 is 2.10 bits per heavy atom. The third-order valence-corrected chi connectivity index (χ3v) is 5.02. The van der Waals surface area contributed by atoms with Crippen LogP contribution < -0.4 is 0 Å². The van der Waals surface area contributed by atoms with E-state index in [0.717, 1.165) is 10.4 Å². The number of hydrogen-bond acceptors (Lipinski definition) is 4. The Hall–Kier alpha value is -1.19. The first-order chi connectivity index (χ1) is 9.25. The number of nitrogens with zero attached hydrogens (tertiary/aromatic N) is 2. The van der Waals surface area contributed by atoms with Gasteiger partial charge in [0.15, 0.2) is 0 Å². The highest BCUT2D eigenvalue weighted by atomic mass is 32.2. The van der Waals surface area contributed by atoms with Gasteiger partial charge in [0.2, 0.25) is 10.0 Å². The zero-order valence-corrected chi connectivity index (χ0v) is 11.2. The van der Waals surface area contributed by atoms with Crippen LogP contribution in [0.15, 0.2) is 23.2 Å². The van der Waals surface area contributed by atoms with Crippen molar-refractivity contribution >= 4 is 10.0 Å². The molecule has 1 atom stereocenters. The van der Waals surface area contributed by atoms with Crippen molar-refractivity contribution in [2.24, 2.45) is 5.92 Å². The Bertz CT molecular complexity index is 572. The molecule has 0 bridgehead atoms. The topological polar surface area (TPSA) is 70.5 Å². The van der Waals surface area contributed by atoms with Gasteiger partial charge in [0.25, 0.3) is 0 Å². The molecule has 2 heterocycles. The van der Waals surface area contributed by atoms with Crippen LogP contribution in [0.1, 0.15) is 12.1 Å². The lowest BCUT2D eigenvalue weighted by atomic mass is 10.1. The second-order valence-corrected chi connectivity index (χ2v) is 6.52. The second-order valence-electron chi connectivity index (χ2n) is 4.58. The minimum Gasteiger partial charge on any atom is -0.396 e. The van der Waals surface area contributed by atoms with E-state index in [0.29, 0.717) is 18.7 Å². The van der Waals surface area contributed by atoms with Gasteiger partial charge in [-0.2, -0.15) is 17.5 Å². The molecule has 0 unspecified atom stereocenters. The first-order valence-electron chi connectivity index (χ1n) is 5.89. The maximum Gasteiger partial charge on any atom is 0.433 e. The van der Waals surface area contributed by atoms with E-state index in [2.05, 4.69) is 4.98 Å². The molecule has 2 rings (SSSR count). The second kappa shape index (κ2) is 5.30. The zero-order chi connectivity index (χ0) is 15.0. The van der Waals surface area contributed by atoms with Gasteiger partial charge in [0, 0.05) is 25.9 Å². The van der Waals surface area contributed by atoms with Crippen molar-refractivity contribution in [3.63, 3.8) is 0 Å². The third kappa shape index (κ3) is 2.94. The van der Waals surface area contributed by atoms with Gasteiger partial charge >= 0.3 is 6.18 Å². The fourth-order valence-electron chi connectivity index (χ4n) is 2.01. The van der Waals surface area contributed by atoms with E-state index in [9.17, 15) is 21.6 Å². The van der Waals surface area contributed by atoms with Crippen molar-refractivity contribution in [2.45, 2.75) is 17.5 Å². The molecule has 112 valence electrons. The number of aromatic nitrogens is 1. The smallest absolute Gasteiger partial charge is 0.396 e. The van der Waals surface area contributed by atoms with Gasteiger partial charge < -0.3 is 5.11 Å². The minimum absolute atomic E-state index is 0.114. The number of aliphatic hydroxyl groups excluding tert-OH is 1. The first-order valence-corrected chi connectivity index (χ1v) is 7.33. The highest BCUT2D eigenvalue weighted by Crippen LogP contribution is 2.29. The van der Waals surface area contributed by atoms with E-state index in [4.69, 9.17) is 5.11 Å². The van der Waals surface area contributed by atoms with E-state index in [1.54, 1.807) is 0 Å². The van der Waals surface area contributed by atoms with Crippen LogP contribution in [0.5, 0.6) is 0 Å². The molecule has 0 aliphatic carbocycles. The quantitative estimate of drug-likeness (QED) is 0.908. The lowest BCUT2D eigenvalue weighted by Gasteiger charge is -2.16. The Balaban J connectivity index is 2.23. The predicted molar refractivity (Wildman–Crippen MR) is 63.2 cm³/mol. The monoisotopic (exact) mass is 310 g/mol. The van der Waals surface area contributed by atoms with Crippen molar-refractivity contribution in [1.29, 1.82) is 0 Å². The van der Waals surface area contributed by atoms with Crippen LogP contribution in [0.3, 0.4) is 0 Å². The molecule has 20 heavy (non-hydrogen) atoms. The summed E-state index contributed by atoms with van der Waals surface area (Å²) in [6.07, 6.45) is -3.36. The Kier molecular flexibility index (Phi) is 4.03. The van der Waals surface area contributed by atoms with Gasteiger partial charge in [0.1, 0.15) is 10.6 Å². The number of alkyl halides is 3. The SMILES string of the molecule is O=S(=O)(c1ccc(C(F)(F)F)nc1)N1CC[C@H](CO)C1. The molecule has 9 heteroatoms. The zero-order valence-electron chi connectivity index (χ0n) is 10.3. The van der Waals surface area contributed by atoms with Crippen molar-refractivity contribution < 1.29 is 26.7 Å². The standard InChI is InChI=1S/C11H13F3N2O3S/c12-11(13,14)10-2-1-9(5-15-10)20(18,19)16-4-3-8(6-16)7-17/h1-2,5,8,17H,3-4,6-7H2/t8-/m0/s1. The van der Waals surface area contributed by atoms with Crippen LogP contribution in [-0.2, 0) is 16.2 Å². The molecule has 0 spiro atoms. The highest BCUT2D eigenvalue weighted by molar-refractivity contribution is 7.89. The number of halogens is 3. The average Bonchev–Trinajstić information content (AvgIpc) is 2.87. The predicted octanol–water partition coefficient (Wildman–Crippen LogP) is 1.10. The van der Waals surface area contributed by atoms with Crippen molar-refractivity contribution in [2.75, 3.05) is 19.7 Å². The molecular weight excluding hydrogens is 297 g/mol. The lowest BCUT2D eigenvalue weighted by Crippen LogP contribution is -2.29. The van der Waals surface area contributed by atoms with Crippen LogP contribution in [0.4, 0.5) is 13.2 Å². The van der Waals surface area contributed by atoms with Gasteiger partial charge in [-0.15, -0.1) is 0 Å². The third-order valence-electron chi connectivity index (χ3n) is 3.17. The van der Waals surface area contributed by atoms with Crippen molar-refractivity contribution in [3.05, 3.63) is 24.0 Å². The van der Waals surface area contributed by atoms with Crippen LogP contribution in [0.2, 0.25) is 0 Å². The number of aliphatic hydroxyl groups is 1. The molecule has 1 fully saturated rings. The van der Waals surface area contributed by atoms with E-state index >= 15 is 0 Å². The Labute approximate surface area is 114 Å². The summed E-state index contributed by atoms with van der Waals surface area (Å²) in [6, 6.07) is 1.55. The first kappa shape index (κ1) is 15.2.